The number of hydrogen-bond acceptors (Lipinski definition) is 6. The first-order chi connectivity index (χ1) is 14.2. The number of aromatic nitrogens is 1. The smallest absolute Gasteiger partial charge is 0.349 e. The third-order valence-corrected chi connectivity index (χ3v) is 5.11. The van der Waals surface area contributed by atoms with Gasteiger partial charge in [0.25, 0.3) is 0 Å². The molecule has 3 heterocycles. The lowest BCUT2D eigenvalue weighted by Crippen LogP contribution is -2.19. The molecule has 7 heteroatoms. The Morgan fingerprint density at radius 1 is 1.17 bits per heavy atom. The Morgan fingerprint density at radius 2 is 2.00 bits per heavy atom. The summed E-state index contributed by atoms with van der Waals surface area (Å²) >= 11 is 1.48. The molecule has 0 amide bonds. The van der Waals surface area contributed by atoms with Crippen molar-refractivity contribution in [2.45, 2.75) is 6.10 Å². The number of nitriles is 1. The second kappa shape index (κ2) is 8.00. The van der Waals surface area contributed by atoms with Gasteiger partial charge in [0.15, 0.2) is 0 Å². The Bertz CT molecular complexity index is 1160. The van der Waals surface area contributed by atoms with E-state index in [4.69, 9.17) is 9.15 Å². The summed E-state index contributed by atoms with van der Waals surface area (Å²) in [6.45, 7) is 0. The predicted octanol–water partition coefficient (Wildman–Crippen LogP) is 5.15. The van der Waals surface area contributed by atoms with Gasteiger partial charge in [-0.25, -0.2) is 9.78 Å². The summed E-state index contributed by atoms with van der Waals surface area (Å²) in [7, 11) is 0. The third-order valence-electron chi connectivity index (χ3n) is 4.21. The van der Waals surface area contributed by atoms with Crippen LogP contribution < -0.4 is 4.74 Å². The molecule has 0 saturated heterocycles. The Morgan fingerprint density at radius 3 is 2.62 bits per heavy atom. The summed E-state index contributed by atoms with van der Waals surface area (Å²) in [4.78, 5) is 17.2. The summed E-state index contributed by atoms with van der Waals surface area (Å²) in [5.74, 6) is -0.762. The number of ether oxygens (including phenoxy) is 1. The molecule has 0 aliphatic carbocycles. The summed E-state index contributed by atoms with van der Waals surface area (Å²) in [5.41, 5.74) is 1.62. The first-order valence-electron chi connectivity index (χ1n) is 8.64. The highest BCUT2D eigenvalue weighted by Gasteiger charge is 2.26. The van der Waals surface area contributed by atoms with Gasteiger partial charge in [0, 0.05) is 11.1 Å². The summed E-state index contributed by atoms with van der Waals surface area (Å²) in [6.07, 6.45) is 0.200. The van der Waals surface area contributed by atoms with Crippen molar-refractivity contribution in [1.82, 2.24) is 4.98 Å². The molecule has 0 bridgehead atoms. The minimum Gasteiger partial charge on any atom is -0.478 e. The Hall–Kier alpha value is -3.89. The molecule has 0 saturated carbocycles. The van der Waals surface area contributed by atoms with E-state index in [0.717, 1.165) is 4.88 Å². The number of nitrogens with zero attached hydrogens (tertiary/aromatic N) is 2. The first kappa shape index (κ1) is 18.5. The van der Waals surface area contributed by atoms with E-state index in [1.165, 1.54) is 17.6 Å². The van der Waals surface area contributed by atoms with Crippen LogP contribution in [-0.2, 0) is 4.79 Å². The zero-order valence-corrected chi connectivity index (χ0v) is 15.8. The molecule has 0 fully saturated rings. The van der Waals surface area contributed by atoms with Gasteiger partial charge in [-0.2, -0.15) is 5.26 Å². The average Bonchev–Trinajstić information content (AvgIpc) is 3.46. The SMILES string of the molecule is N#Cc1c(-c2ccco2)cc(-c2cccs2)nc1OC(C(=O)O)c1ccccc1. The molecule has 1 aromatic carbocycles. The molecule has 1 unspecified atom stereocenters. The number of carbonyl (C=O) groups is 1. The maximum atomic E-state index is 11.9. The van der Waals surface area contributed by atoms with Crippen molar-refractivity contribution in [2.75, 3.05) is 0 Å². The van der Waals surface area contributed by atoms with Gasteiger partial charge in [-0.1, -0.05) is 36.4 Å². The number of pyridine rings is 1. The number of furan rings is 1. The second-order valence-electron chi connectivity index (χ2n) is 6.05. The van der Waals surface area contributed by atoms with E-state index >= 15 is 0 Å². The van der Waals surface area contributed by atoms with Crippen LogP contribution in [-0.4, -0.2) is 16.1 Å². The molecule has 6 nitrogen and oxygen atoms in total. The van der Waals surface area contributed by atoms with E-state index in [9.17, 15) is 15.2 Å². The van der Waals surface area contributed by atoms with Crippen molar-refractivity contribution in [1.29, 1.82) is 5.26 Å². The second-order valence-corrected chi connectivity index (χ2v) is 7.00. The molecular formula is C22H14N2O4S. The summed E-state index contributed by atoms with van der Waals surface area (Å²) < 4.78 is 11.3. The molecule has 1 atom stereocenters. The number of rotatable bonds is 6. The quantitative estimate of drug-likeness (QED) is 0.479. The van der Waals surface area contributed by atoms with Crippen molar-refractivity contribution in [3.8, 4) is 33.8 Å². The number of aliphatic carboxylic acids is 1. The van der Waals surface area contributed by atoms with Crippen LogP contribution in [0.1, 0.15) is 17.2 Å². The molecule has 0 aliphatic rings. The van der Waals surface area contributed by atoms with E-state index < -0.39 is 12.1 Å². The van der Waals surface area contributed by atoms with Crippen LogP contribution in [0.2, 0.25) is 0 Å². The molecule has 4 aromatic rings. The van der Waals surface area contributed by atoms with Crippen molar-refractivity contribution in [3.63, 3.8) is 0 Å². The van der Waals surface area contributed by atoms with Gasteiger partial charge in [-0.15, -0.1) is 11.3 Å². The van der Waals surface area contributed by atoms with Gasteiger partial charge in [0.05, 0.1) is 16.8 Å². The number of carboxylic acids is 1. The minimum absolute atomic E-state index is 0.0546. The maximum absolute atomic E-state index is 11.9. The van der Waals surface area contributed by atoms with Crippen LogP contribution in [0.5, 0.6) is 5.88 Å². The molecule has 0 radical (unpaired) electrons. The van der Waals surface area contributed by atoms with E-state index in [2.05, 4.69) is 11.1 Å². The largest absolute Gasteiger partial charge is 0.478 e. The number of thiophene rings is 1. The van der Waals surface area contributed by atoms with Crippen molar-refractivity contribution in [2.24, 2.45) is 0 Å². The van der Waals surface area contributed by atoms with Crippen LogP contribution in [0.25, 0.3) is 21.9 Å². The van der Waals surface area contributed by atoms with Crippen molar-refractivity contribution < 1.29 is 19.1 Å². The van der Waals surface area contributed by atoms with E-state index in [-0.39, 0.29) is 11.4 Å². The number of hydrogen-bond donors (Lipinski definition) is 1. The lowest BCUT2D eigenvalue weighted by Gasteiger charge is -2.17. The highest BCUT2D eigenvalue weighted by atomic mass is 32.1. The van der Waals surface area contributed by atoms with Crippen molar-refractivity contribution in [3.05, 3.63) is 83.4 Å². The number of benzene rings is 1. The molecular weight excluding hydrogens is 388 g/mol. The highest BCUT2D eigenvalue weighted by molar-refractivity contribution is 7.13. The predicted molar refractivity (Wildman–Crippen MR) is 107 cm³/mol. The van der Waals surface area contributed by atoms with Gasteiger partial charge < -0.3 is 14.3 Å². The molecule has 142 valence electrons. The molecule has 1 N–H and O–H groups in total. The fourth-order valence-corrected chi connectivity index (χ4v) is 3.58. The van der Waals surface area contributed by atoms with Crippen LogP contribution >= 0.6 is 11.3 Å². The maximum Gasteiger partial charge on any atom is 0.349 e. The third kappa shape index (κ3) is 3.74. The Labute approximate surface area is 170 Å². The minimum atomic E-state index is -1.31. The number of carboxylic acid groups (broad SMARTS) is 1. The van der Waals surface area contributed by atoms with Crippen LogP contribution in [0.3, 0.4) is 0 Å². The Kier molecular flexibility index (Phi) is 5.10. The zero-order chi connectivity index (χ0) is 20.2. The van der Waals surface area contributed by atoms with Gasteiger partial charge in [-0.05, 0) is 29.6 Å². The van der Waals surface area contributed by atoms with Gasteiger partial charge in [0.2, 0.25) is 12.0 Å². The molecule has 3 aromatic heterocycles. The van der Waals surface area contributed by atoms with Crippen LogP contribution in [0.15, 0.2) is 76.7 Å². The van der Waals surface area contributed by atoms with Gasteiger partial charge in [0.1, 0.15) is 17.4 Å². The normalized spacial score (nSPS) is 11.6. The summed E-state index contributed by atoms with van der Waals surface area (Å²) in [6, 6.07) is 19.6. The van der Waals surface area contributed by atoms with Crippen LogP contribution in [0, 0.1) is 11.3 Å². The topological polar surface area (TPSA) is 96.4 Å². The monoisotopic (exact) mass is 402 g/mol. The molecule has 0 aliphatic heterocycles. The van der Waals surface area contributed by atoms with Gasteiger partial charge in [-0.3, -0.25) is 0 Å². The van der Waals surface area contributed by atoms with E-state index in [1.807, 2.05) is 17.5 Å². The van der Waals surface area contributed by atoms with Gasteiger partial charge >= 0.3 is 5.97 Å². The average molecular weight is 402 g/mol. The fraction of sp³-hybridized carbons (Fsp3) is 0.0455. The lowest BCUT2D eigenvalue weighted by molar-refractivity contribution is -0.145. The van der Waals surface area contributed by atoms with Crippen molar-refractivity contribution >= 4 is 17.3 Å². The van der Waals surface area contributed by atoms with E-state index in [1.54, 1.807) is 48.5 Å². The molecule has 0 spiro atoms. The standard InChI is InChI=1S/C22H14N2O4S/c23-13-16-15(18-8-4-10-27-18)12-17(19-9-5-11-29-19)24-21(16)28-20(22(25)26)14-6-2-1-3-7-14/h1-12,20H,(H,25,26). The summed E-state index contributed by atoms with van der Waals surface area (Å²) in [5, 5.41) is 21.4. The molecule has 4 rings (SSSR count). The Balaban J connectivity index is 1.87. The molecule has 29 heavy (non-hydrogen) atoms. The highest BCUT2D eigenvalue weighted by Crippen LogP contribution is 2.36. The zero-order valence-electron chi connectivity index (χ0n) is 15.0. The lowest BCUT2D eigenvalue weighted by atomic mass is 10.1. The first-order valence-corrected chi connectivity index (χ1v) is 9.52. The van der Waals surface area contributed by atoms with E-state index in [0.29, 0.717) is 22.6 Å². The van der Waals surface area contributed by atoms with Crippen LogP contribution in [0.4, 0.5) is 0 Å². The fourth-order valence-electron chi connectivity index (χ4n) is 2.89.